The molecule has 4 nitrogen and oxygen atoms in total. The van der Waals surface area contributed by atoms with Crippen LogP contribution in [0.15, 0.2) is 22.7 Å². The second kappa shape index (κ2) is 5.05. The molecule has 0 spiro atoms. The SMILES string of the molecule is Cc1c(Br)cccc1Nc1nc(C2CC2)nc(N)c1C. The van der Waals surface area contributed by atoms with Crippen LogP contribution in [0, 0.1) is 13.8 Å². The third-order valence-electron chi connectivity index (χ3n) is 3.66. The molecule has 1 saturated carbocycles. The molecule has 1 aromatic heterocycles. The summed E-state index contributed by atoms with van der Waals surface area (Å²) in [6, 6.07) is 6.06. The van der Waals surface area contributed by atoms with E-state index in [4.69, 9.17) is 5.73 Å². The summed E-state index contributed by atoms with van der Waals surface area (Å²) in [4.78, 5) is 9.04. The van der Waals surface area contributed by atoms with Crippen molar-refractivity contribution in [2.75, 3.05) is 11.1 Å². The van der Waals surface area contributed by atoms with Crippen molar-refractivity contribution in [3.8, 4) is 0 Å². The lowest BCUT2D eigenvalue weighted by Crippen LogP contribution is -2.07. The summed E-state index contributed by atoms with van der Waals surface area (Å²) in [6.07, 6.45) is 2.33. The first-order valence-electron chi connectivity index (χ1n) is 6.72. The first kappa shape index (κ1) is 13.4. The van der Waals surface area contributed by atoms with E-state index >= 15 is 0 Å². The molecule has 3 N–H and O–H groups in total. The number of benzene rings is 1. The third kappa shape index (κ3) is 2.50. The van der Waals surface area contributed by atoms with E-state index in [0.717, 1.165) is 45.8 Å². The van der Waals surface area contributed by atoms with Gasteiger partial charge in [0.1, 0.15) is 17.5 Å². The summed E-state index contributed by atoms with van der Waals surface area (Å²) in [5.74, 6) is 2.72. The zero-order chi connectivity index (χ0) is 14.3. The van der Waals surface area contributed by atoms with Crippen molar-refractivity contribution in [2.45, 2.75) is 32.6 Å². The number of nitrogens with one attached hydrogen (secondary N) is 1. The average Bonchev–Trinajstić information content (AvgIpc) is 3.24. The maximum absolute atomic E-state index is 6.01. The van der Waals surface area contributed by atoms with Crippen LogP contribution in [0.1, 0.15) is 35.7 Å². The molecule has 1 aromatic carbocycles. The molecule has 5 heteroatoms. The Balaban J connectivity index is 1.99. The molecular weight excluding hydrogens is 316 g/mol. The van der Waals surface area contributed by atoms with Crippen molar-refractivity contribution in [1.29, 1.82) is 0 Å². The van der Waals surface area contributed by atoms with Gasteiger partial charge in [-0.2, -0.15) is 0 Å². The predicted molar refractivity (Wildman–Crippen MR) is 85.3 cm³/mol. The van der Waals surface area contributed by atoms with Crippen LogP contribution in [-0.4, -0.2) is 9.97 Å². The Labute approximate surface area is 127 Å². The summed E-state index contributed by atoms with van der Waals surface area (Å²) in [5, 5.41) is 3.38. The van der Waals surface area contributed by atoms with Gasteiger partial charge < -0.3 is 11.1 Å². The standard InChI is InChI=1S/C15H17BrN4/c1-8-11(16)4-3-5-12(8)18-14-9(2)13(17)19-15(20-14)10-6-7-10/h3-5,10H,6-7H2,1-2H3,(H3,17,18,19,20). The molecule has 0 atom stereocenters. The zero-order valence-electron chi connectivity index (χ0n) is 11.6. The monoisotopic (exact) mass is 332 g/mol. The fourth-order valence-corrected chi connectivity index (χ4v) is 2.43. The molecule has 0 aliphatic heterocycles. The predicted octanol–water partition coefficient (Wildman–Crippen LogP) is 4.06. The van der Waals surface area contributed by atoms with Crippen LogP contribution < -0.4 is 11.1 Å². The zero-order valence-corrected chi connectivity index (χ0v) is 13.2. The molecule has 1 heterocycles. The van der Waals surface area contributed by atoms with Gasteiger partial charge in [0.25, 0.3) is 0 Å². The van der Waals surface area contributed by atoms with E-state index in [2.05, 4.69) is 38.1 Å². The number of rotatable bonds is 3. The minimum absolute atomic E-state index is 0.488. The van der Waals surface area contributed by atoms with Crippen molar-refractivity contribution in [1.82, 2.24) is 9.97 Å². The van der Waals surface area contributed by atoms with Crippen molar-refractivity contribution < 1.29 is 0 Å². The molecule has 0 bridgehead atoms. The van der Waals surface area contributed by atoms with Gasteiger partial charge >= 0.3 is 0 Å². The third-order valence-corrected chi connectivity index (χ3v) is 4.52. The normalized spacial score (nSPS) is 14.3. The lowest BCUT2D eigenvalue weighted by molar-refractivity contribution is 0.927. The van der Waals surface area contributed by atoms with Crippen LogP contribution in [0.25, 0.3) is 0 Å². The first-order valence-corrected chi connectivity index (χ1v) is 7.51. The van der Waals surface area contributed by atoms with E-state index in [1.807, 2.05) is 25.1 Å². The van der Waals surface area contributed by atoms with E-state index in [1.165, 1.54) is 0 Å². The van der Waals surface area contributed by atoms with Crippen molar-refractivity contribution in [3.63, 3.8) is 0 Å². The number of nitrogens with two attached hydrogens (primary N) is 1. The Kier molecular flexibility index (Phi) is 3.38. The van der Waals surface area contributed by atoms with Gasteiger partial charge in [-0.1, -0.05) is 22.0 Å². The number of hydrogen-bond acceptors (Lipinski definition) is 4. The Morgan fingerprint density at radius 1 is 1.20 bits per heavy atom. The number of anilines is 3. The second-order valence-electron chi connectivity index (χ2n) is 5.25. The van der Waals surface area contributed by atoms with Crippen molar-refractivity contribution in [3.05, 3.63) is 39.6 Å². The summed E-state index contributed by atoms with van der Waals surface area (Å²) in [6.45, 7) is 4.01. The summed E-state index contributed by atoms with van der Waals surface area (Å²) in [5.41, 5.74) is 9.09. The molecule has 0 radical (unpaired) electrons. The fraction of sp³-hybridized carbons (Fsp3) is 0.333. The van der Waals surface area contributed by atoms with Gasteiger partial charge in [0, 0.05) is 21.6 Å². The van der Waals surface area contributed by atoms with E-state index in [1.54, 1.807) is 0 Å². The quantitative estimate of drug-likeness (QED) is 0.889. The average molecular weight is 333 g/mol. The summed E-state index contributed by atoms with van der Waals surface area (Å²) < 4.78 is 1.07. The molecule has 1 fully saturated rings. The molecule has 0 saturated heterocycles. The molecule has 1 aliphatic rings. The smallest absolute Gasteiger partial charge is 0.139 e. The van der Waals surface area contributed by atoms with Crippen LogP contribution in [-0.2, 0) is 0 Å². The van der Waals surface area contributed by atoms with Gasteiger partial charge in [-0.25, -0.2) is 9.97 Å². The van der Waals surface area contributed by atoms with Crippen LogP contribution in [0.5, 0.6) is 0 Å². The van der Waals surface area contributed by atoms with Gasteiger partial charge in [0.15, 0.2) is 0 Å². The molecule has 3 rings (SSSR count). The van der Waals surface area contributed by atoms with Crippen LogP contribution in [0.2, 0.25) is 0 Å². The van der Waals surface area contributed by atoms with Crippen LogP contribution >= 0.6 is 15.9 Å². The highest BCUT2D eigenvalue weighted by Gasteiger charge is 2.28. The van der Waals surface area contributed by atoms with Crippen molar-refractivity contribution >= 4 is 33.3 Å². The van der Waals surface area contributed by atoms with E-state index in [0.29, 0.717) is 11.7 Å². The fourth-order valence-electron chi connectivity index (χ4n) is 2.07. The minimum Gasteiger partial charge on any atom is -0.383 e. The largest absolute Gasteiger partial charge is 0.383 e. The van der Waals surface area contributed by atoms with E-state index < -0.39 is 0 Å². The van der Waals surface area contributed by atoms with Crippen molar-refractivity contribution in [2.24, 2.45) is 0 Å². The molecule has 2 aromatic rings. The van der Waals surface area contributed by atoms with Gasteiger partial charge in [-0.05, 0) is 44.4 Å². The highest BCUT2D eigenvalue weighted by molar-refractivity contribution is 9.10. The number of nitrogen functional groups attached to an aromatic ring is 1. The number of aromatic nitrogens is 2. The topological polar surface area (TPSA) is 63.8 Å². The Morgan fingerprint density at radius 3 is 2.65 bits per heavy atom. The Morgan fingerprint density at radius 2 is 1.95 bits per heavy atom. The molecule has 0 unspecified atom stereocenters. The second-order valence-corrected chi connectivity index (χ2v) is 6.11. The summed E-state index contributed by atoms with van der Waals surface area (Å²) in [7, 11) is 0. The minimum atomic E-state index is 0.488. The highest BCUT2D eigenvalue weighted by atomic mass is 79.9. The number of halogens is 1. The lowest BCUT2D eigenvalue weighted by atomic mass is 10.2. The van der Waals surface area contributed by atoms with Gasteiger partial charge in [-0.15, -0.1) is 0 Å². The Hall–Kier alpha value is -1.62. The highest BCUT2D eigenvalue weighted by Crippen LogP contribution is 2.39. The molecule has 20 heavy (non-hydrogen) atoms. The number of nitrogens with zero attached hydrogens (tertiary/aromatic N) is 2. The molecule has 0 amide bonds. The summed E-state index contributed by atoms with van der Waals surface area (Å²) >= 11 is 3.54. The Bertz CT molecular complexity index is 665. The van der Waals surface area contributed by atoms with Gasteiger partial charge in [0.2, 0.25) is 0 Å². The van der Waals surface area contributed by atoms with Gasteiger partial charge in [0.05, 0.1) is 0 Å². The maximum Gasteiger partial charge on any atom is 0.139 e. The number of hydrogen-bond donors (Lipinski definition) is 2. The van der Waals surface area contributed by atoms with Gasteiger partial charge in [-0.3, -0.25) is 0 Å². The molecule has 1 aliphatic carbocycles. The first-order chi connectivity index (χ1) is 9.56. The lowest BCUT2D eigenvalue weighted by Gasteiger charge is -2.14. The van der Waals surface area contributed by atoms with Crippen LogP contribution in [0.3, 0.4) is 0 Å². The molecular formula is C15H17BrN4. The van der Waals surface area contributed by atoms with E-state index in [9.17, 15) is 0 Å². The molecule has 104 valence electrons. The van der Waals surface area contributed by atoms with E-state index in [-0.39, 0.29) is 0 Å². The maximum atomic E-state index is 6.01. The van der Waals surface area contributed by atoms with Crippen LogP contribution in [0.4, 0.5) is 17.3 Å².